The number of hydrogen-bond acceptors (Lipinski definition) is 6. The molecule has 1 fully saturated rings. The number of aromatic nitrogens is 4. The summed E-state index contributed by atoms with van der Waals surface area (Å²) in [4.78, 5) is 15.0. The minimum atomic E-state index is 0.174. The third-order valence-electron chi connectivity index (χ3n) is 5.39. The van der Waals surface area contributed by atoms with E-state index in [4.69, 9.17) is 0 Å². The number of thioether (sulfide) groups is 1. The Morgan fingerprint density at radius 3 is 2.83 bits per heavy atom. The number of nitrogens with zero attached hydrogens (tertiary/aromatic N) is 5. The molecule has 1 N–H and O–H groups in total. The molecule has 4 rings (SSSR count). The number of amides is 1. The number of aryl methyl sites for hydroxylation is 2. The second-order valence-electron chi connectivity index (χ2n) is 7.42. The maximum absolute atomic E-state index is 12.9. The number of likely N-dealkylation sites (tertiary alicyclic amines) is 1. The van der Waals surface area contributed by atoms with Crippen LogP contribution in [0.1, 0.15) is 37.1 Å². The highest BCUT2D eigenvalue weighted by molar-refractivity contribution is 7.99. The lowest BCUT2D eigenvalue weighted by molar-refractivity contribution is -0.132. The second-order valence-corrected chi connectivity index (χ2v) is 8.41. The van der Waals surface area contributed by atoms with Crippen LogP contribution in [0.25, 0.3) is 5.65 Å². The topological polar surface area (TPSA) is 83.6 Å². The van der Waals surface area contributed by atoms with Crippen molar-refractivity contribution in [1.29, 1.82) is 0 Å². The molecular formula is C21H25N5O2S. The molecule has 3 aromatic rings. The van der Waals surface area contributed by atoms with Crippen LogP contribution < -0.4 is 0 Å². The van der Waals surface area contributed by atoms with Crippen LogP contribution in [-0.2, 0) is 11.2 Å². The summed E-state index contributed by atoms with van der Waals surface area (Å²) in [7, 11) is 0. The molecule has 1 saturated heterocycles. The van der Waals surface area contributed by atoms with Gasteiger partial charge in [-0.25, -0.2) is 0 Å². The zero-order chi connectivity index (χ0) is 20.2. The maximum Gasteiger partial charge on any atom is 0.233 e. The number of benzene rings is 1. The number of carbonyl (C=O) groups excluding carboxylic acids is 1. The van der Waals surface area contributed by atoms with Crippen LogP contribution in [0.2, 0.25) is 0 Å². The highest BCUT2D eigenvalue weighted by atomic mass is 32.2. The van der Waals surface area contributed by atoms with E-state index < -0.39 is 0 Å². The highest BCUT2D eigenvalue weighted by Crippen LogP contribution is 2.24. The summed E-state index contributed by atoms with van der Waals surface area (Å²) in [6.45, 7) is 2.69. The second kappa shape index (κ2) is 8.82. The first-order valence-corrected chi connectivity index (χ1v) is 11.0. The Labute approximate surface area is 174 Å². The number of phenols is 1. The monoisotopic (exact) mass is 411 g/mol. The minimum Gasteiger partial charge on any atom is -0.508 e. The molecule has 7 nitrogen and oxygen atoms in total. The largest absolute Gasteiger partial charge is 0.508 e. The predicted octanol–water partition coefficient (Wildman–Crippen LogP) is 3.24. The first kappa shape index (κ1) is 19.7. The molecule has 1 aliphatic heterocycles. The van der Waals surface area contributed by atoms with E-state index >= 15 is 0 Å². The van der Waals surface area contributed by atoms with Crippen LogP contribution in [0.3, 0.4) is 0 Å². The van der Waals surface area contributed by atoms with Crippen molar-refractivity contribution < 1.29 is 9.90 Å². The van der Waals surface area contributed by atoms with Crippen LogP contribution in [0, 0.1) is 6.92 Å². The molecular weight excluding hydrogens is 386 g/mol. The van der Waals surface area contributed by atoms with Crippen LogP contribution in [-0.4, -0.2) is 54.1 Å². The number of rotatable bonds is 6. The van der Waals surface area contributed by atoms with E-state index in [0.717, 1.165) is 43.1 Å². The van der Waals surface area contributed by atoms with Crippen molar-refractivity contribution >= 4 is 23.3 Å². The lowest BCUT2D eigenvalue weighted by atomic mass is 9.96. The Bertz CT molecular complexity index is 988. The smallest absolute Gasteiger partial charge is 0.233 e. The fraction of sp³-hybridized carbons (Fsp3) is 0.429. The van der Waals surface area contributed by atoms with Gasteiger partial charge in [-0.1, -0.05) is 23.9 Å². The molecule has 1 atom stereocenters. The molecule has 1 aromatic carbocycles. The average Bonchev–Trinajstić information content (AvgIpc) is 3.12. The van der Waals surface area contributed by atoms with Gasteiger partial charge in [0.15, 0.2) is 11.5 Å². The van der Waals surface area contributed by atoms with Crippen LogP contribution in [0.4, 0.5) is 0 Å². The van der Waals surface area contributed by atoms with E-state index in [0.29, 0.717) is 11.4 Å². The highest BCUT2D eigenvalue weighted by Gasteiger charge is 2.26. The van der Waals surface area contributed by atoms with Crippen molar-refractivity contribution in [3.63, 3.8) is 0 Å². The number of carbonyl (C=O) groups is 1. The maximum atomic E-state index is 12.9. The van der Waals surface area contributed by atoms with Gasteiger partial charge < -0.3 is 10.0 Å². The normalized spacial score (nSPS) is 17.0. The van der Waals surface area contributed by atoms with Gasteiger partial charge in [-0.15, -0.1) is 10.2 Å². The van der Waals surface area contributed by atoms with Gasteiger partial charge in [0.05, 0.1) is 5.75 Å². The Hall–Kier alpha value is -2.61. The number of piperidine rings is 1. The van der Waals surface area contributed by atoms with Crippen molar-refractivity contribution in [3.8, 4) is 5.75 Å². The van der Waals surface area contributed by atoms with Crippen molar-refractivity contribution in [2.45, 2.75) is 50.1 Å². The SMILES string of the molecule is Cc1nnc2ccc(SCC(=O)N3CCCC[C@H]3CCc3ccc(O)cc3)nn12. The summed E-state index contributed by atoms with van der Waals surface area (Å²) in [5.41, 5.74) is 1.90. The molecule has 29 heavy (non-hydrogen) atoms. The van der Waals surface area contributed by atoms with E-state index in [2.05, 4.69) is 20.2 Å². The van der Waals surface area contributed by atoms with Crippen molar-refractivity contribution in [2.24, 2.45) is 0 Å². The van der Waals surface area contributed by atoms with Gasteiger partial charge in [0.2, 0.25) is 5.91 Å². The van der Waals surface area contributed by atoms with Gasteiger partial charge in [-0.2, -0.15) is 9.61 Å². The van der Waals surface area contributed by atoms with Gasteiger partial charge in [-0.05, 0) is 68.9 Å². The third kappa shape index (κ3) is 4.70. The van der Waals surface area contributed by atoms with Gasteiger partial charge in [-0.3, -0.25) is 4.79 Å². The molecule has 8 heteroatoms. The fourth-order valence-electron chi connectivity index (χ4n) is 3.80. The van der Waals surface area contributed by atoms with E-state index in [-0.39, 0.29) is 17.7 Å². The first-order valence-electron chi connectivity index (χ1n) is 9.99. The van der Waals surface area contributed by atoms with Gasteiger partial charge in [0.1, 0.15) is 10.8 Å². The Morgan fingerprint density at radius 1 is 1.17 bits per heavy atom. The number of aromatic hydroxyl groups is 1. The van der Waals surface area contributed by atoms with E-state index in [1.165, 1.54) is 23.7 Å². The van der Waals surface area contributed by atoms with Crippen LogP contribution in [0.5, 0.6) is 5.75 Å². The van der Waals surface area contributed by atoms with Crippen LogP contribution in [0.15, 0.2) is 41.4 Å². The fourth-order valence-corrected chi connectivity index (χ4v) is 4.54. The standard InChI is InChI=1S/C21H25N5O2S/c1-15-22-23-19-11-12-20(24-26(15)19)29-14-21(28)25-13-3-2-4-17(25)8-5-16-6-9-18(27)10-7-16/h6-7,9-12,17,27H,2-5,8,13-14H2,1H3/t17-/m0/s1. The summed E-state index contributed by atoms with van der Waals surface area (Å²) in [6, 6.07) is 11.4. The number of phenolic OH excluding ortho intramolecular Hbond substituents is 1. The van der Waals surface area contributed by atoms with Gasteiger partial charge >= 0.3 is 0 Å². The van der Waals surface area contributed by atoms with Crippen molar-refractivity contribution in [2.75, 3.05) is 12.3 Å². The molecule has 2 aromatic heterocycles. The Morgan fingerprint density at radius 2 is 2.00 bits per heavy atom. The van der Waals surface area contributed by atoms with E-state index in [9.17, 15) is 9.90 Å². The quantitative estimate of drug-likeness (QED) is 0.627. The number of hydrogen-bond donors (Lipinski definition) is 1. The zero-order valence-corrected chi connectivity index (χ0v) is 17.3. The summed E-state index contributed by atoms with van der Waals surface area (Å²) in [5, 5.41) is 22.8. The molecule has 1 amide bonds. The van der Waals surface area contributed by atoms with Gasteiger partial charge in [0, 0.05) is 12.6 Å². The minimum absolute atomic E-state index is 0.174. The van der Waals surface area contributed by atoms with Gasteiger partial charge in [0.25, 0.3) is 0 Å². The average molecular weight is 412 g/mol. The Kier molecular flexibility index (Phi) is 5.99. The molecule has 3 heterocycles. The molecule has 0 aliphatic carbocycles. The third-order valence-corrected chi connectivity index (χ3v) is 6.29. The summed E-state index contributed by atoms with van der Waals surface area (Å²) >= 11 is 1.46. The first-order chi connectivity index (χ1) is 14.1. The Balaban J connectivity index is 1.36. The van der Waals surface area contributed by atoms with E-state index in [1.54, 1.807) is 16.6 Å². The van der Waals surface area contributed by atoms with Crippen LogP contribution >= 0.6 is 11.8 Å². The molecule has 0 radical (unpaired) electrons. The molecule has 1 aliphatic rings. The van der Waals surface area contributed by atoms with E-state index in [1.807, 2.05) is 31.2 Å². The lowest BCUT2D eigenvalue weighted by Crippen LogP contribution is -2.44. The summed E-state index contributed by atoms with van der Waals surface area (Å²) in [5.74, 6) is 1.58. The molecule has 152 valence electrons. The molecule has 0 saturated carbocycles. The zero-order valence-electron chi connectivity index (χ0n) is 16.5. The summed E-state index contributed by atoms with van der Waals surface area (Å²) in [6.07, 6.45) is 5.15. The molecule has 0 unspecified atom stereocenters. The lowest BCUT2D eigenvalue weighted by Gasteiger charge is -2.36. The van der Waals surface area contributed by atoms with Crippen molar-refractivity contribution in [3.05, 3.63) is 47.8 Å². The predicted molar refractivity (Wildman–Crippen MR) is 112 cm³/mol. The molecule has 0 spiro atoms. The summed E-state index contributed by atoms with van der Waals surface area (Å²) < 4.78 is 1.70. The van der Waals surface area contributed by atoms with Crippen molar-refractivity contribution in [1.82, 2.24) is 24.7 Å². The molecule has 0 bridgehead atoms. The number of fused-ring (bicyclic) bond motifs is 1.